The van der Waals surface area contributed by atoms with Crippen molar-refractivity contribution in [2.45, 2.75) is 33.3 Å². The minimum absolute atomic E-state index is 0.0445. The Balaban J connectivity index is 2.56. The Kier molecular flexibility index (Phi) is 6.65. The van der Waals surface area contributed by atoms with Crippen molar-refractivity contribution in [2.24, 2.45) is 5.92 Å². The van der Waals surface area contributed by atoms with E-state index in [1.807, 2.05) is 13.8 Å². The highest BCUT2D eigenvalue weighted by Gasteiger charge is 2.18. The minimum atomic E-state index is -0.807. The number of aliphatic hydroxyl groups excluding tert-OH is 1. The molecule has 0 fully saturated rings. The van der Waals surface area contributed by atoms with Gasteiger partial charge in [-0.3, -0.25) is 9.59 Å². The Labute approximate surface area is 129 Å². The molecule has 0 aliphatic heterocycles. The molecule has 0 aliphatic carbocycles. The van der Waals surface area contributed by atoms with Gasteiger partial charge in [-0.1, -0.05) is 44.0 Å². The second-order valence-electron chi connectivity index (χ2n) is 5.05. The molecule has 0 saturated heterocycles. The van der Waals surface area contributed by atoms with Crippen molar-refractivity contribution in [1.29, 1.82) is 0 Å². The lowest BCUT2D eigenvalue weighted by molar-refractivity contribution is -0.136. The number of aliphatic hydroxyl groups is 1. The first-order valence-electron chi connectivity index (χ1n) is 6.89. The summed E-state index contributed by atoms with van der Waals surface area (Å²) in [5.41, 5.74) is 1.20. The molecule has 2 atom stereocenters. The fourth-order valence-corrected chi connectivity index (χ4v) is 1.85. The molecule has 0 bridgehead atoms. The van der Waals surface area contributed by atoms with Gasteiger partial charge in [0.05, 0.1) is 16.8 Å². The molecule has 0 heterocycles. The average molecular weight is 313 g/mol. The van der Waals surface area contributed by atoms with Crippen molar-refractivity contribution in [3.63, 3.8) is 0 Å². The van der Waals surface area contributed by atoms with E-state index < -0.39 is 17.9 Å². The van der Waals surface area contributed by atoms with Gasteiger partial charge < -0.3 is 15.7 Å². The molecule has 0 aliphatic rings. The van der Waals surface area contributed by atoms with Gasteiger partial charge in [0, 0.05) is 6.54 Å². The van der Waals surface area contributed by atoms with E-state index in [4.69, 9.17) is 11.6 Å². The van der Waals surface area contributed by atoms with E-state index in [2.05, 4.69) is 10.6 Å². The fourth-order valence-electron chi connectivity index (χ4n) is 1.67. The number of rotatable bonds is 5. The van der Waals surface area contributed by atoms with E-state index in [1.54, 1.807) is 25.1 Å². The Morgan fingerprint density at radius 1 is 1.33 bits per heavy atom. The van der Waals surface area contributed by atoms with Crippen molar-refractivity contribution in [2.75, 3.05) is 11.9 Å². The highest BCUT2D eigenvalue weighted by atomic mass is 35.5. The highest BCUT2D eigenvalue weighted by Crippen LogP contribution is 2.24. The molecule has 0 saturated carbocycles. The van der Waals surface area contributed by atoms with Crippen molar-refractivity contribution in [1.82, 2.24) is 5.32 Å². The third-order valence-electron chi connectivity index (χ3n) is 3.42. The zero-order valence-electron chi connectivity index (χ0n) is 12.4. The van der Waals surface area contributed by atoms with Gasteiger partial charge in [-0.05, 0) is 24.5 Å². The lowest BCUT2D eigenvalue weighted by Crippen LogP contribution is -2.41. The van der Waals surface area contributed by atoms with E-state index in [-0.39, 0.29) is 12.5 Å². The van der Waals surface area contributed by atoms with Crippen LogP contribution in [0.1, 0.15) is 25.8 Å². The first kappa shape index (κ1) is 17.5. The van der Waals surface area contributed by atoms with Crippen LogP contribution < -0.4 is 10.6 Å². The normalized spacial score (nSPS) is 13.4. The molecule has 5 nitrogen and oxygen atoms in total. The Morgan fingerprint density at radius 2 is 2.00 bits per heavy atom. The van der Waals surface area contributed by atoms with Crippen molar-refractivity contribution in [3.05, 3.63) is 28.8 Å². The van der Waals surface area contributed by atoms with E-state index in [0.29, 0.717) is 10.7 Å². The molecular weight excluding hydrogens is 292 g/mol. The van der Waals surface area contributed by atoms with E-state index in [1.165, 1.54) is 0 Å². The summed E-state index contributed by atoms with van der Waals surface area (Å²) in [5.74, 6) is -1.55. The van der Waals surface area contributed by atoms with Crippen molar-refractivity contribution >= 4 is 29.1 Å². The van der Waals surface area contributed by atoms with Crippen LogP contribution in [0, 0.1) is 12.8 Å². The van der Waals surface area contributed by atoms with Crippen LogP contribution >= 0.6 is 11.6 Å². The summed E-state index contributed by atoms with van der Waals surface area (Å²) in [7, 11) is 0. The van der Waals surface area contributed by atoms with Crippen LogP contribution in [0.25, 0.3) is 0 Å². The Bertz CT molecular complexity index is 520. The monoisotopic (exact) mass is 312 g/mol. The van der Waals surface area contributed by atoms with Gasteiger partial charge in [-0.25, -0.2) is 0 Å². The number of carbonyl (C=O) groups is 2. The van der Waals surface area contributed by atoms with Crippen LogP contribution in [0.4, 0.5) is 5.69 Å². The minimum Gasteiger partial charge on any atom is -0.391 e. The van der Waals surface area contributed by atoms with Gasteiger partial charge in [0.2, 0.25) is 0 Å². The summed E-state index contributed by atoms with van der Waals surface area (Å²) in [6, 6.07) is 5.16. The number of hydrogen-bond acceptors (Lipinski definition) is 3. The van der Waals surface area contributed by atoms with E-state index in [9.17, 15) is 14.7 Å². The van der Waals surface area contributed by atoms with Crippen molar-refractivity contribution < 1.29 is 14.7 Å². The zero-order chi connectivity index (χ0) is 16.0. The van der Waals surface area contributed by atoms with E-state index in [0.717, 1.165) is 12.0 Å². The largest absolute Gasteiger partial charge is 0.391 e. The fraction of sp³-hybridized carbons (Fsp3) is 0.467. The van der Waals surface area contributed by atoms with Gasteiger partial charge in [0.1, 0.15) is 0 Å². The van der Waals surface area contributed by atoms with Gasteiger partial charge in [0.25, 0.3) is 0 Å². The standard InChI is InChI=1S/C15H21ClN2O3/c1-4-9(2)12(19)8-17-14(20)15(21)18-11-7-5-6-10(3)13(11)16/h5-7,9,12,19H,4,8H2,1-3H3,(H,17,20)(H,18,21). The third-order valence-corrected chi connectivity index (χ3v) is 3.92. The number of carbonyl (C=O) groups excluding carboxylic acids is 2. The molecule has 116 valence electrons. The van der Waals surface area contributed by atoms with Crippen molar-refractivity contribution in [3.8, 4) is 0 Å². The summed E-state index contributed by atoms with van der Waals surface area (Å²) < 4.78 is 0. The maximum atomic E-state index is 11.8. The molecule has 21 heavy (non-hydrogen) atoms. The number of anilines is 1. The zero-order valence-corrected chi connectivity index (χ0v) is 13.2. The first-order valence-corrected chi connectivity index (χ1v) is 7.27. The molecule has 1 aromatic carbocycles. The summed E-state index contributed by atoms with van der Waals surface area (Å²) in [5, 5.41) is 15.0. The highest BCUT2D eigenvalue weighted by molar-refractivity contribution is 6.41. The molecule has 0 aromatic heterocycles. The lowest BCUT2D eigenvalue weighted by atomic mass is 10.0. The summed E-state index contributed by atoms with van der Waals surface area (Å²) in [4.78, 5) is 23.4. The summed E-state index contributed by atoms with van der Waals surface area (Å²) >= 11 is 6.04. The number of benzene rings is 1. The first-order chi connectivity index (χ1) is 9.86. The quantitative estimate of drug-likeness (QED) is 0.729. The third kappa shape index (κ3) is 5.02. The maximum Gasteiger partial charge on any atom is 0.313 e. The van der Waals surface area contributed by atoms with Crippen LogP contribution in [0.5, 0.6) is 0 Å². The van der Waals surface area contributed by atoms with Crippen LogP contribution in [0.3, 0.4) is 0 Å². The number of aryl methyl sites for hydroxylation is 1. The van der Waals surface area contributed by atoms with Crippen LogP contribution in [-0.4, -0.2) is 29.6 Å². The topological polar surface area (TPSA) is 78.4 Å². The molecule has 3 N–H and O–H groups in total. The molecule has 2 unspecified atom stereocenters. The van der Waals surface area contributed by atoms with E-state index >= 15 is 0 Å². The number of hydrogen-bond donors (Lipinski definition) is 3. The molecule has 2 amide bonds. The number of nitrogens with one attached hydrogen (secondary N) is 2. The molecular formula is C15H21ClN2O3. The number of amides is 2. The van der Waals surface area contributed by atoms with Gasteiger partial charge in [0.15, 0.2) is 0 Å². The number of halogens is 1. The van der Waals surface area contributed by atoms with Gasteiger partial charge >= 0.3 is 11.8 Å². The lowest BCUT2D eigenvalue weighted by Gasteiger charge is -2.17. The van der Waals surface area contributed by atoms with Crippen LogP contribution in [0.2, 0.25) is 5.02 Å². The smallest absolute Gasteiger partial charge is 0.313 e. The van der Waals surface area contributed by atoms with Gasteiger partial charge in [-0.15, -0.1) is 0 Å². The molecule has 6 heteroatoms. The predicted octanol–water partition coefficient (Wildman–Crippen LogP) is 2.11. The Morgan fingerprint density at radius 3 is 2.62 bits per heavy atom. The molecule has 0 spiro atoms. The predicted molar refractivity (Wildman–Crippen MR) is 83.3 cm³/mol. The summed E-state index contributed by atoms with van der Waals surface area (Å²) in [6.07, 6.45) is 0.122. The second kappa shape index (κ2) is 8.00. The second-order valence-corrected chi connectivity index (χ2v) is 5.43. The van der Waals surface area contributed by atoms with Gasteiger partial charge in [-0.2, -0.15) is 0 Å². The summed E-state index contributed by atoms with van der Waals surface area (Å²) in [6.45, 7) is 5.68. The average Bonchev–Trinajstić information content (AvgIpc) is 2.47. The van der Waals surface area contributed by atoms with Crippen LogP contribution in [0.15, 0.2) is 18.2 Å². The molecule has 1 aromatic rings. The molecule has 0 radical (unpaired) electrons. The SMILES string of the molecule is CCC(C)C(O)CNC(=O)C(=O)Nc1cccc(C)c1Cl. The maximum absolute atomic E-state index is 11.8. The molecule has 1 rings (SSSR count). The Hall–Kier alpha value is -1.59. The van der Waals surface area contributed by atoms with Crippen LogP contribution in [-0.2, 0) is 9.59 Å².